The van der Waals surface area contributed by atoms with Crippen molar-refractivity contribution in [3.8, 4) is 0 Å². The van der Waals surface area contributed by atoms with Crippen LogP contribution in [-0.4, -0.2) is 46.8 Å². The lowest BCUT2D eigenvalue weighted by Crippen LogP contribution is -2.35. The molecule has 4 aromatic rings. The Morgan fingerprint density at radius 2 is 2.06 bits per heavy atom. The highest BCUT2D eigenvalue weighted by Crippen LogP contribution is 2.48. The molecule has 0 amide bonds. The fraction of sp³-hybridized carbons (Fsp3) is 0.429. The van der Waals surface area contributed by atoms with Crippen LogP contribution >= 0.6 is 0 Å². The lowest BCUT2D eigenvalue weighted by Gasteiger charge is -2.32. The van der Waals surface area contributed by atoms with Crippen LogP contribution in [0.4, 0.5) is 5.69 Å². The zero-order valence-corrected chi connectivity index (χ0v) is 17.3. The van der Waals surface area contributed by atoms with E-state index >= 15 is 0 Å². The molecule has 3 atom stereocenters. The number of hydrogen-bond donors (Lipinski definition) is 0. The quantitative estimate of drug-likeness (QED) is 0.492. The first kappa shape index (κ1) is 18.2. The minimum atomic E-state index is -0.173. The highest BCUT2D eigenvalue weighted by Gasteiger charge is 2.47. The molecule has 10 nitrogen and oxygen atoms in total. The predicted molar refractivity (Wildman–Crippen MR) is 112 cm³/mol. The molecule has 2 aliphatic rings. The molecule has 1 aliphatic heterocycles. The smallest absolute Gasteiger partial charge is 0.280 e. The second kappa shape index (κ2) is 6.73. The fourth-order valence-corrected chi connectivity index (χ4v) is 5.11. The van der Waals surface area contributed by atoms with Crippen LogP contribution in [0.15, 0.2) is 40.3 Å². The normalized spacial score (nSPS) is 22.6. The Balaban J connectivity index is 1.20. The van der Waals surface area contributed by atoms with E-state index in [1.165, 1.54) is 16.6 Å². The average molecular weight is 418 g/mol. The Bertz CT molecular complexity index is 1340. The molecule has 0 aromatic carbocycles. The number of rotatable bonds is 4. The number of hydrogen-bond acceptors (Lipinski definition) is 8. The summed E-state index contributed by atoms with van der Waals surface area (Å²) in [7, 11) is 1.78. The highest BCUT2D eigenvalue weighted by molar-refractivity contribution is 5.68. The first-order chi connectivity index (χ1) is 15.1. The SMILES string of the molecule is Cc1cc(N2C[C@H]3CC2C[C@@H]3c2noc(Cn3cnc4ncn(C)c4c3=O)n2)ccn1. The standard InChI is InChI=1S/C21H22N8O2/c1-12-5-14(3-4-22-12)29-8-13-6-15(29)7-16(13)19-25-17(31-26-19)9-28-11-24-20-18(21(28)30)27(2)10-23-20/h3-5,10-11,13,15-16H,6-9H2,1-2H3/t13-,15?,16+/m1/s1. The van der Waals surface area contributed by atoms with Crippen LogP contribution < -0.4 is 10.5 Å². The third-order valence-corrected chi connectivity index (χ3v) is 6.58. The lowest BCUT2D eigenvalue weighted by atomic mass is 9.93. The van der Waals surface area contributed by atoms with Crippen LogP contribution in [0.25, 0.3) is 11.2 Å². The van der Waals surface area contributed by atoms with Gasteiger partial charge in [0.25, 0.3) is 5.56 Å². The molecule has 0 spiro atoms. The number of aromatic nitrogens is 7. The minimum Gasteiger partial charge on any atom is -0.368 e. The van der Waals surface area contributed by atoms with Gasteiger partial charge in [0, 0.05) is 43.1 Å². The molecule has 0 radical (unpaired) electrons. The maximum absolute atomic E-state index is 12.7. The van der Waals surface area contributed by atoms with E-state index < -0.39 is 0 Å². The van der Waals surface area contributed by atoms with Gasteiger partial charge in [-0.2, -0.15) is 4.98 Å². The Morgan fingerprint density at radius 3 is 2.87 bits per heavy atom. The van der Waals surface area contributed by atoms with Crippen LogP contribution in [0.1, 0.15) is 36.2 Å². The second-order valence-corrected chi connectivity index (χ2v) is 8.55. The van der Waals surface area contributed by atoms with Crippen molar-refractivity contribution in [1.82, 2.24) is 34.2 Å². The molecule has 0 N–H and O–H groups in total. The van der Waals surface area contributed by atoms with Crippen LogP contribution in [0.2, 0.25) is 0 Å². The van der Waals surface area contributed by atoms with Gasteiger partial charge in [-0.05, 0) is 37.8 Å². The van der Waals surface area contributed by atoms with Gasteiger partial charge in [-0.1, -0.05) is 5.16 Å². The van der Waals surface area contributed by atoms with Gasteiger partial charge < -0.3 is 14.0 Å². The van der Waals surface area contributed by atoms with Crippen LogP contribution in [-0.2, 0) is 13.6 Å². The summed E-state index contributed by atoms with van der Waals surface area (Å²) in [5, 5.41) is 4.26. The Morgan fingerprint density at radius 1 is 1.19 bits per heavy atom. The number of anilines is 1. The van der Waals surface area contributed by atoms with Crippen molar-refractivity contribution in [3.05, 3.63) is 58.7 Å². The minimum absolute atomic E-state index is 0.173. The molecule has 2 fully saturated rings. The summed E-state index contributed by atoms with van der Waals surface area (Å²) in [5.74, 6) is 1.95. The topological polar surface area (TPSA) is 108 Å². The van der Waals surface area contributed by atoms with Gasteiger partial charge in [-0.25, -0.2) is 9.97 Å². The maximum Gasteiger partial charge on any atom is 0.280 e. The van der Waals surface area contributed by atoms with Crippen molar-refractivity contribution in [3.63, 3.8) is 0 Å². The molecule has 158 valence electrons. The maximum atomic E-state index is 12.7. The van der Waals surface area contributed by atoms with Crippen molar-refractivity contribution in [2.24, 2.45) is 13.0 Å². The Labute approximate surface area is 177 Å². The van der Waals surface area contributed by atoms with E-state index in [-0.39, 0.29) is 18.0 Å². The van der Waals surface area contributed by atoms with E-state index in [4.69, 9.17) is 4.52 Å². The van der Waals surface area contributed by atoms with Gasteiger partial charge in [0.15, 0.2) is 17.0 Å². The number of imidazole rings is 1. The molecule has 4 aromatic heterocycles. The molecular weight excluding hydrogens is 396 g/mol. The first-order valence-corrected chi connectivity index (χ1v) is 10.4. The van der Waals surface area contributed by atoms with E-state index in [2.05, 4.69) is 42.1 Å². The highest BCUT2D eigenvalue weighted by atomic mass is 16.5. The van der Waals surface area contributed by atoms with Gasteiger partial charge >= 0.3 is 0 Å². The summed E-state index contributed by atoms with van der Waals surface area (Å²) in [5.41, 5.74) is 3.00. The fourth-order valence-electron chi connectivity index (χ4n) is 5.11. The van der Waals surface area contributed by atoms with Crippen molar-refractivity contribution in [2.75, 3.05) is 11.4 Å². The summed E-state index contributed by atoms with van der Waals surface area (Å²) in [6.07, 6.45) is 7.08. The van der Waals surface area contributed by atoms with Crippen molar-refractivity contribution in [2.45, 2.75) is 38.3 Å². The zero-order valence-electron chi connectivity index (χ0n) is 17.3. The van der Waals surface area contributed by atoms with Crippen molar-refractivity contribution < 1.29 is 4.52 Å². The summed E-state index contributed by atoms with van der Waals surface area (Å²) in [6.45, 7) is 3.21. The first-order valence-electron chi connectivity index (χ1n) is 10.4. The van der Waals surface area contributed by atoms with Crippen LogP contribution in [0.5, 0.6) is 0 Å². The third kappa shape index (κ3) is 2.93. The van der Waals surface area contributed by atoms with Crippen molar-refractivity contribution in [1.29, 1.82) is 0 Å². The average Bonchev–Trinajstić information content (AvgIpc) is 3.54. The second-order valence-electron chi connectivity index (χ2n) is 8.55. The molecule has 5 heterocycles. The van der Waals surface area contributed by atoms with Gasteiger partial charge in [-0.3, -0.25) is 14.3 Å². The molecule has 2 bridgehead atoms. The molecule has 1 saturated heterocycles. The van der Waals surface area contributed by atoms with E-state index in [1.807, 2.05) is 13.1 Å². The molecule has 31 heavy (non-hydrogen) atoms. The van der Waals surface area contributed by atoms with E-state index in [1.54, 1.807) is 17.9 Å². The van der Waals surface area contributed by atoms with Crippen LogP contribution in [0.3, 0.4) is 0 Å². The monoisotopic (exact) mass is 418 g/mol. The molecule has 1 aliphatic carbocycles. The Kier molecular flexibility index (Phi) is 3.95. The molecule has 1 unspecified atom stereocenters. The molecule has 10 heteroatoms. The van der Waals surface area contributed by atoms with E-state index in [9.17, 15) is 4.79 Å². The number of fused-ring (bicyclic) bond motifs is 3. The third-order valence-electron chi connectivity index (χ3n) is 6.58. The number of piperidine rings is 1. The van der Waals surface area contributed by atoms with Crippen LogP contribution in [0, 0.1) is 12.8 Å². The molecular formula is C21H22N8O2. The lowest BCUT2D eigenvalue weighted by molar-refractivity contribution is 0.353. The zero-order chi connectivity index (χ0) is 21.1. The summed E-state index contributed by atoms with van der Waals surface area (Å²) in [6, 6.07) is 4.71. The number of aryl methyl sites for hydroxylation is 2. The van der Waals surface area contributed by atoms with Gasteiger partial charge in [0.1, 0.15) is 12.9 Å². The van der Waals surface area contributed by atoms with Gasteiger partial charge in [0.2, 0.25) is 5.89 Å². The van der Waals surface area contributed by atoms with E-state index in [0.29, 0.717) is 29.0 Å². The summed E-state index contributed by atoms with van der Waals surface area (Å²) >= 11 is 0. The summed E-state index contributed by atoms with van der Waals surface area (Å²) in [4.78, 5) is 32.5. The number of pyridine rings is 1. The molecule has 1 saturated carbocycles. The Hall–Kier alpha value is -3.56. The van der Waals surface area contributed by atoms with Gasteiger partial charge in [-0.15, -0.1) is 0 Å². The largest absolute Gasteiger partial charge is 0.368 e. The summed E-state index contributed by atoms with van der Waals surface area (Å²) < 4.78 is 8.66. The van der Waals surface area contributed by atoms with Gasteiger partial charge in [0.05, 0.1) is 6.33 Å². The van der Waals surface area contributed by atoms with Crippen molar-refractivity contribution >= 4 is 16.9 Å². The number of nitrogens with zero attached hydrogens (tertiary/aromatic N) is 8. The predicted octanol–water partition coefficient (Wildman–Crippen LogP) is 1.65. The molecule has 6 rings (SSSR count). The van der Waals surface area contributed by atoms with E-state index in [0.717, 1.165) is 30.9 Å².